The number of aromatic nitrogens is 3. The van der Waals surface area contributed by atoms with Gasteiger partial charge in [0.25, 0.3) is 0 Å². The number of aliphatic hydroxyl groups excluding tert-OH is 1. The monoisotopic (exact) mass is 389 g/mol. The van der Waals surface area contributed by atoms with E-state index in [9.17, 15) is 18.3 Å². The molecule has 28 heavy (non-hydrogen) atoms. The molecule has 2 unspecified atom stereocenters. The third-order valence-electron chi connectivity index (χ3n) is 4.29. The maximum atomic E-state index is 12.6. The highest BCUT2D eigenvalue weighted by atomic mass is 19.4. The zero-order valence-electron chi connectivity index (χ0n) is 15.0. The van der Waals surface area contributed by atoms with Gasteiger partial charge in [0.05, 0.1) is 11.8 Å². The maximum Gasteiger partial charge on any atom is 0.416 e. The summed E-state index contributed by atoms with van der Waals surface area (Å²) in [7, 11) is 0. The van der Waals surface area contributed by atoms with Gasteiger partial charge in [0.15, 0.2) is 0 Å². The molecule has 0 saturated carbocycles. The number of hydrogen-bond acceptors (Lipinski definition) is 5. The van der Waals surface area contributed by atoms with Crippen LogP contribution in [0.4, 0.5) is 13.2 Å². The predicted molar refractivity (Wildman–Crippen MR) is 95.9 cm³/mol. The zero-order chi connectivity index (χ0) is 20.1. The highest BCUT2D eigenvalue weighted by Crippen LogP contribution is 2.33. The lowest BCUT2D eigenvalue weighted by atomic mass is 9.86. The van der Waals surface area contributed by atoms with Gasteiger partial charge in [-0.05, 0) is 47.9 Å². The van der Waals surface area contributed by atoms with Crippen molar-refractivity contribution in [1.82, 2.24) is 15.0 Å². The van der Waals surface area contributed by atoms with E-state index in [4.69, 9.17) is 4.74 Å². The molecule has 5 nitrogen and oxygen atoms in total. The first-order valence-corrected chi connectivity index (χ1v) is 8.55. The molecule has 8 heteroatoms. The SMILES string of the molecule is CC(CO)C(c1cncnc1)c1ccc(Oc2ccc(C(F)(F)F)cc2)cn1. The number of nitrogens with zero attached hydrogens (tertiary/aromatic N) is 3. The number of benzene rings is 1. The number of aliphatic hydroxyl groups is 1. The van der Waals surface area contributed by atoms with Gasteiger partial charge in [-0.25, -0.2) is 9.97 Å². The molecule has 2 aromatic heterocycles. The van der Waals surface area contributed by atoms with E-state index >= 15 is 0 Å². The largest absolute Gasteiger partial charge is 0.456 e. The van der Waals surface area contributed by atoms with E-state index in [-0.39, 0.29) is 24.2 Å². The summed E-state index contributed by atoms with van der Waals surface area (Å²) in [5.41, 5.74) is 0.795. The van der Waals surface area contributed by atoms with Gasteiger partial charge in [-0.2, -0.15) is 13.2 Å². The minimum Gasteiger partial charge on any atom is -0.456 e. The van der Waals surface area contributed by atoms with E-state index < -0.39 is 11.7 Å². The van der Waals surface area contributed by atoms with Crippen LogP contribution in [0.2, 0.25) is 0 Å². The Hall–Kier alpha value is -3.00. The van der Waals surface area contributed by atoms with Crippen LogP contribution in [0.15, 0.2) is 61.3 Å². The van der Waals surface area contributed by atoms with E-state index in [0.29, 0.717) is 11.4 Å². The summed E-state index contributed by atoms with van der Waals surface area (Å²) in [4.78, 5) is 12.4. The quantitative estimate of drug-likeness (QED) is 0.675. The Bertz CT molecular complexity index is 885. The summed E-state index contributed by atoms with van der Waals surface area (Å²) in [6.45, 7) is 1.86. The lowest BCUT2D eigenvalue weighted by Crippen LogP contribution is -2.16. The fourth-order valence-corrected chi connectivity index (χ4v) is 2.85. The zero-order valence-corrected chi connectivity index (χ0v) is 15.0. The molecule has 3 aromatic rings. The van der Waals surface area contributed by atoms with Crippen molar-refractivity contribution in [2.45, 2.75) is 19.0 Å². The molecule has 0 bridgehead atoms. The summed E-state index contributed by atoms with van der Waals surface area (Å²) < 4.78 is 43.4. The molecule has 2 heterocycles. The summed E-state index contributed by atoms with van der Waals surface area (Å²) >= 11 is 0. The Labute approximate surface area is 159 Å². The molecular formula is C20H18F3N3O2. The fourth-order valence-electron chi connectivity index (χ4n) is 2.85. The molecule has 146 valence electrons. The van der Waals surface area contributed by atoms with Gasteiger partial charge in [0.2, 0.25) is 0 Å². The average molecular weight is 389 g/mol. The fraction of sp³-hybridized carbons (Fsp3) is 0.250. The molecule has 1 aromatic carbocycles. The third kappa shape index (κ3) is 4.64. The summed E-state index contributed by atoms with van der Waals surface area (Å²) in [5.74, 6) is 0.356. The van der Waals surface area contributed by atoms with Crippen LogP contribution >= 0.6 is 0 Å². The van der Waals surface area contributed by atoms with Crippen molar-refractivity contribution in [3.8, 4) is 11.5 Å². The number of ether oxygens (including phenoxy) is 1. The van der Waals surface area contributed by atoms with Gasteiger partial charge < -0.3 is 9.84 Å². The highest BCUT2D eigenvalue weighted by molar-refractivity contribution is 5.34. The van der Waals surface area contributed by atoms with E-state index in [1.165, 1.54) is 24.7 Å². The van der Waals surface area contributed by atoms with Crippen LogP contribution in [-0.2, 0) is 6.18 Å². The predicted octanol–water partition coefficient (Wildman–Crippen LogP) is 4.44. The van der Waals surface area contributed by atoms with Crippen molar-refractivity contribution in [2.24, 2.45) is 5.92 Å². The molecule has 0 fully saturated rings. The normalized spacial score (nSPS) is 13.8. The lowest BCUT2D eigenvalue weighted by molar-refractivity contribution is -0.137. The van der Waals surface area contributed by atoms with Crippen LogP contribution in [-0.4, -0.2) is 26.7 Å². The van der Waals surface area contributed by atoms with Crippen molar-refractivity contribution in [3.05, 3.63) is 78.1 Å². The molecule has 0 amide bonds. The summed E-state index contributed by atoms with van der Waals surface area (Å²) in [6, 6.07) is 7.88. The van der Waals surface area contributed by atoms with Crippen LogP contribution in [0, 0.1) is 5.92 Å². The summed E-state index contributed by atoms with van der Waals surface area (Å²) in [5, 5.41) is 9.58. The van der Waals surface area contributed by atoms with Gasteiger partial charge in [0, 0.05) is 30.6 Å². The standard InChI is InChI=1S/C20H18F3N3O2/c1-13(11-27)19(14-8-24-12-25-9-14)18-7-6-17(10-26-18)28-16-4-2-15(3-5-16)20(21,22)23/h2-10,12-13,19,27H,11H2,1H3. The Balaban J connectivity index is 1.78. The van der Waals surface area contributed by atoms with Gasteiger partial charge in [-0.1, -0.05) is 6.92 Å². The number of alkyl halides is 3. The Morgan fingerprint density at radius 3 is 2.14 bits per heavy atom. The van der Waals surface area contributed by atoms with E-state index in [2.05, 4.69) is 15.0 Å². The van der Waals surface area contributed by atoms with Gasteiger partial charge in [-0.3, -0.25) is 4.98 Å². The molecular weight excluding hydrogens is 371 g/mol. The molecule has 0 aliphatic carbocycles. The molecule has 2 atom stereocenters. The first-order valence-electron chi connectivity index (χ1n) is 8.55. The molecule has 3 rings (SSSR count). The Morgan fingerprint density at radius 2 is 1.61 bits per heavy atom. The molecule has 0 saturated heterocycles. The van der Waals surface area contributed by atoms with Crippen LogP contribution < -0.4 is 4.74 Å². The lowest BCUT2D eigenvalue weighted by Gasteiger charge is -2.22. The minimum absolute atomic E-state index is 0.0367. The van der Waals surface area contributed by atoms with Crippen molar-refractivity contribution < 1.29 is 23.0 Å². The van der Waals surface area contributed by atoms with E-state index in [1.54, 1.807) is 24.5 Å². The first kappa shape index (κ1) is 19.8. The van der Waals surface area contributed by atoms with Crippen molar-refractivity contribution in [3.63, 3.8) is 0 Å². The van der Waals surface area contributed by atoms with Gasteiger partial charge in [-0.15, -0.1) is 0 Å². The second kappa shape index (κ2) is 8.35. The third-order valence-corrected chi connectivity index (χ3v) is 4.29. The van der Waals surface area contributed by atoms with Crippen LogP contribution in [0.1, 0.15) is 29.7 Å². The summed E-state index contributed by atoms with van der Waals surface area (Å²) in [6.07, 6.45) is 1.89. The van der Waals surface area contributed by atoms with Crippen LogP contribution in [0.25, 0.3) is 0 Å². The first-order chi connectivity index (χ1) is 13.4. The van der Waals surface area contributed by atoms with Crippen LogP contribution in [0.5, 0.6) is 11.5 Å². The Morgan fingerprint density at radius 1 is 0.964 bits per heavy atom. The number of pyridine rings is 1. The van der Waals surface area contributed by atoms with Gasteiger partial charge >= 0.3 is 6.18 Å². The van der Waals surface area contributed by atoms with Crippen LogP contribution in [0.3, 0.4) is 0 Å². The molecule has 0 aliphatic rings. The van der Waals surface area contributed by atoms with Crippen molar-refractivity contribution >= 4 is 0 Å². The second-order valence-electron chi connectivity index (χ2n) is 6.35. The second-order valence-corrected chi connectivity index (χ2v) is 6.35. The van der Waals surface area contributed by atoms with Crippen molar-refractivity contribution in [2.75, 3.05) is 6.61 Å². The van der Waals surface area contributed by atoms with Gasteiger partial charge in [0.1, 0.15) is 17.8 Å². The number of hydrogen-bond donors (Lipinski definition) is 1. The van der Waals surface area contributed by atoms with Crippen molar-refractivity contribution in [1.29, 1.82) is 0 Å². The Kier molecular flexibility index (Phi) is 5.89. The van der Waals surface area contributed by atoms with E-state index in [0.717, 1.165) is 17.7 Å². The molecule has 0 aliphatic heterocycles. The number of halogens is 3. The maximum absolute atomic E-state index is 12.6. The molecule has 0 radical (unpaired) electrons. The van der Waals surface area contributed by atoms with E-state index in [1.807, 2.05) is 6.92 Å². The smallest absolute Gasteiger partial charge is 0.416 e. The molecule has 0 spiro atoms. The average Bonchev–Trinajstić information content (AvgIpc) is 2.70. The highest BCUT2D eigenvalue weighted by Gasteiger charge is 2.30. The molecule has 1 N–H and O–H groups in total. The number of rotatable bonds is 6. The topological polar surface area (TPSA) is 68.1 Å². The minimum atomic E-state index is -4.39.